The summed E-state index contributed by atoms with van der Waals surface area (Å²) in [5.41, 5.74) is 2.17. The number of anilines is 1. The van der Waals surface area contributed by atoms with Gasteiger partial charge in [-0.05, 0) is 55.3 Å². The van der Waals surface area contributed by atoms with Crippen molar-refractivity contribution < 1.29 is 19.1 Å². The van der Waals surface area contributed by atoms with Crippen LogP contribution in [0, 0.1) is 0 Å². The molecular weight excluding hydrogens is 306 g/mol. The van der Waals surface area contributed by atoms with E-state index in [1.54, 1.807) is 31.2 Å². The monoisotopic (exact) mass is 327 g/mol. The summed E-state index contributed by atoms with van der Waals surface area (Å²) >= 11 is 0. The molecule has 1 atom stereocenters. The highest BCUT2D eigenvalue weighted by Gasteiger charge is 2.15. The fourth-order valence-electron chi connectivity index (χ4n) is 2.15. The van der Waals surface area contributed by atoms with Gasteiger partial charge in [-0.25, -0.2) is 4.79 Å². The lowest BCUT2D eigenvalue weighted by Crippen LogP contribution is -2.30. The Morgan fingerprint density at radius 2 is 1.83 bits per heavy atom. The second-order valence-electron chi connectivity index (χ2n) is 5.32. The molecule has 5 heteroatoms. The minimum atomic E-state index is -0.641. The van der Waals surface area contributed by atoms with Gasteiger partial charge in [-0.1, -0.05) is 19.1 Å². The molecule has 0 fully saturated rings. The molecule has 1 amide bonds. The summed E-state index contributed by atoms with van der Waals surface area (Å²) in [5, 5.41) is 2.76. The van der Waals surface area contributed by atoms with Crippen molar-refractivity contribution in [2.45, 2.75) is 26.4 Å². The van der Waals surface area contributed by atoms with Crippen LogP contribution in [-0.4, -0.2) is 25.1 Å². The van der Waals surface area contributed by atoms with Crippen molar-refractivity contribution in [3.8, 4) is 5.75 Å². The number of rotatable bonds is 6. The Hall–Kier alpha value is -2.82. The Morgan fingerprint density at radius 1 is 1.12 bits per heavy atom. The van der Waals surface area contributed by atoms with Crippen LogP contribution >= 0.6 is 0 Å². The molecule has 2 aromatic rings. The number of carbonyl (C=O) groups excluding carboxylic acids is 2. The van der Waals surface area contributed by atoms with Gasteiger partial charge in [0.25, 0.3) is 5.91 Å². The number of nitrogens with one attached hydrogen (secondary N) is 1. The molecule has 0 saturated heterocycles. The molecular formula is C19H21NO4. The Balaban J connectivity index is 1.97. The number of hydrogen-bond donors (Lipinski definition) is 1. The van der Waals surface area contributed by atoms with Crippen molar-refractivity contribution in [2.24, 2.45) is 0 Å². The number of esters is 1. The Morgan fingerprint density at radius 3 is 2.46 bits per heavy atom. The quantitative estimate of drug-likeness (QED) is 0.826. The van der Waals surface area contributed by atoms with Gasteiger partial charge in [0.1, 0.15) is 5.75 Å². The van der Waals surface area contributed by atoms with Gasteiger partial charge in [0.15, 0.2) is 6.10 Å². The van der Waals surface area contributed by atoms with E-state index in [-0.39, 0.29) is 5.91 Å². The SMILES string of the molecule is CCc1cccc(OC(C)C(=O)Nc2ccc(C(=O)OC)cc2)c1. The van der Waals surface area contributed by atoms with Crippen LogP contribution in [0.15, 0.2) is 48.5 Å². The summed E-state index contributed by atoms with van der Waals surface area (Å²) in [7, 11) is 1.32. The molecule has 1 unspecified atom stereocenters. The molecule has 2 aromatic carbocycles. The highest BCUT2D eigenvalue weighted by molar-refractivity contribution is 5.95. The molecule has 0 aliphatic carbocycles. The van der Waals surface area contributed by atoms with E-state index in [2.05, 4.69) is 17.0 Å². The van der Waals surface area contributed by atoms with E-state index >= 15 is 0 Å². The van der Waals surface area contributed by atoms with Crippen LogP contribution in [0.1, 0.15) is 29.8 Å². The first-order chi connectivity index (χ1) is 11.5. The third kappa shape index (κ3) is 4.59. The summed E-state index contributed by atoms with van der Waals surface area (Å²) < 4.78 is 10.3. The zero-order chi connectivity index (χ0) is 17.5. The van der Waals surface area contributed by atoms with Gasteiger partial charge < -0.3 is 14.8 Å². The molecule has 2 rings (SSSR count). The van der Waals surface area contributed by atoms with Gasteiger partial charge in [-0.2, -0.15) is 0 Å². The number of aryl methyl sites for hydroxylation is 1. The van der Waals surface area contributed by atoms with Crippen LogP contribution in [0.5, 0.6) is 5.75 Å². The maximum absolute atomic E-state index is 12.2. The number of ether oxygens (including phenoxy) is 2. The van der Waals surface area contributed by atoms with Crippen LogP contribution in [-0.2, 0) is 16.0 Å². The van der Waals surface area contributed by atoms with E-state index in [0.29, 0.717) is 17.0 Å². The normalized spacial score (nSPS) is 11.5. The lowest BCUT2D eigenvalue weighted by Gasteiger charge is -2.15. The van der Waals surface area contributed by atoms with E-state index in [4.69, 9.17) is 4.74 Å². The van der Waals surface area contributed by atoms with Gasteiger partial charge >= 0.3 is 5.97 Å². The lowest BCUT2D eigenvalue weighted by molar-refractivity contribution is -0.122. The van der Waals surface area contributed by atoms with Crippen LogP contribution in [0.25, 0.3) is 0 Å². The Kier molecular flexibility index (Phi) is 5.95. The van der Waals surface area contributed by atoms with Crippen LogP contribution in [0.4, 0.5) is 5.69 Å². The molecule has 0 aliphatic rings. The second-order valence-corrected chi connectivity index (χ2v) is 5.32. The minimum absolute atomic E-state index is 0.261. The number of hydrogen-bond acceptors (Lipinski definition) is 4. The van der Waals surface area contributed by atoms with E-state index in [0.717, 1.165) is 12.0 Å². The van der Waals surface area contributed by atoms with Gasteiger partial charge in [0.2, 0.25) is 0 Å². The van der Waals surface area contributed by atoms with Crippen molar-refractivity contribution >= 4 is 17.6 Å². The van der Waals surface area contributed by atoms with E-state index in [1.165, 1.54) is 7.11 Å². The average Bonchev–Trinajstić information content (AvgIpc) is 2.61. The van der Waals surface area contributed by atoms with Gasteiger partial charge in [-0.15, -0.1) is 0 Å². The largest absolute Gasteiger partial charge is 0.481 e. The number of amides is 1. The molecule has 126 valence electrons. The maximum atomic E-state index is 12.2. The zero-order valence-corrected chi connectivity index (χ0v) is 14.0. The number of methoxy groups -OCH3 is 1. The molecule has 0 aliphatic heterocycles. The highest BCUT2D eigenvalue weighted by atomic mass is 16.5. The third-order valence-electron chi connectivity index (χ3n) is 3.56. The molecule has 0 spiro atoms. The van der Waals surface area contributed by atoms with Crippen molar-refractivity contribution in [1.82, 2.24) is 0 Å². The van der Waals surface area contributed by atoms with E-state index in [1.807, 2.05) is 24.3 Å². The Bertz CT molecular complexity index is 710. The molecule has 1 N–H and O–H groups in total. The molecule has 0 bridgehead atoms. The van der Waals surface area contributed by atoms with Crippen molar-refractivity contribution in [1.29, 1.82) is 0 Å². The number of carbonyl (C=O) groups is 2. The van der Waals surface area contributed by atoms with E-state index in [9.17, 15) is 9.59 Å². The predicted molar refractivity (Wildman–Crippen MR) is 92.3 cm³/mol. The third-order valence-corrected chi connectivity index (χ3v) is 3.56. The predicted octanol–water partition coefficient (Wildman–Crippen LogP) is 3.44. The summed E-state index contributed by atoms with van der Waals surface area (Å²) in [4.78, 5) is 23.6. The first-order valence-corrected chi connectivity index (χ1v) is 7.78. The summed E-state index contributed by atoms with van der Waals surface area (Å²) in [6, 6.07) is 14.2. The molecule has 5 nitrogen and oxygen atoms in total. The smallest absolute Gasteiger partial charge is 0.337 e. The van der Waals surface area contributed by atoms with Gasteiger partial charge in [0, 0.05) is 5.69 Å². The van der Waals surface area contributed by atoms with Crippen LogP contribution in [0.2, 0.25) is 0 Å². The second kappa shape index (κ2) is 8.15. The van der Waals surface area contributed by atoms with Gasteiger partial charge in [0.05, 0.1) is 12.7 Å². The summed E-state index contributed by atoms with van der Waals surface area (Å²) in [5.74, 6) is -0.0128. The minimum Gasteiger partial charge on any atom is -0.481 e. The summed E-state index contributed by atoms with van der Waals surface area (Å²) in [6.07, 6.45) is 0.266. The van der Waals surface area contributed by atoms with Crippen LogP contribution < -0.4 is 10.1 Å². The highest BCUT2D eigenvalue weighted by Crippen LogP contribution is 2.16. The molecule has 0 heterocycles. The maximum Gasteiger partial charge on any atom is 0.337 e. The standard InChI is InChI=1S/C19H21NO4/c1-4-14-6-5-7-17(12-14)24-13(2)18(21)20-16-10-8-15(9-11-16)19(22)23-3/h5-13H,4H2,1-3H3,(H,20,21). The van der Waals surface area contributed by atoms with Crippen LogP contribution in [0.3, 0.4) is 0 Å². The first kappa shape index (κ1) is 17.5. The number of benzene rings is 2. The summed E-state index contributed by atoms with van der Waals surface area (Å²) in [6.45, 7) is 3.75. The fourth-order valence-corrected chi connectivity index (χ4v) is 2.15. The fraction of sp³-hybridized carbons (Fsp3) is 0.263. The lowest BCUT2D eigenvalue weighted by atomic mass is 10.1. The van der Waals surface area contributed by atoms with Crippen molar-refractivity contribution in [3.63, 3.8) is 0 Å². The van der Waals surface area contributed by atoms with E-state index < -0.39 is 12.1 Å². The molecule has 0 radical (unpaired) electrons. The first-order valence-electron chi connectivity index (χ1n) is 7.78. The zero-order valence-electron chi connectivity index (χ0n) is 14.0. The average molecular weight is 327 g/mol. The molecule has 0 saturated carbocycles. The molecule has 0 aromatic heterocycles. The van der Waals surface area contributed by atoms with Crippen molar-refractivity contribution in [2.75, 3.05) is 12.4 Å². The topological polar surface area (TPSA) is 64.6 Å². The Labute approximate surface area is 141 Å². The van der Waals surface area contributed by atoms with Gasteiger partial charge in [-0.3, -0.25) is 4.79 Å². The molecule has 24 heavy (non-hydrogen) atoms. The van der Waals surface area contributed by atoms with Crippen molar-refractivity contribution in [3.05, 3.63) is 59.7 Å².